The molecule has 0 radical (unpaired) electrons. The third-order valence-electron chi connectivity index (χ3n) is 11.2. The predicted molar refractivity (Wildman–Crippen MR) is 191 cm³/mol. The standard InChI is InChI=1S/C40H39ClFN3O8/c1-2-53-32-20-22(7-18-31(32)46)35-27-16-17-28-34(38(51)44(36(28)49)19-5-3-4-6-33(47)48)29(27)21-30-37(50)45(43-26-14-12-25(42)13-15-26)39(52)40(30,35)23-8-10-24(41)11-9-23/h7-16,18,20,28-30,34-35,43,46H,2-6,17,19,21H2,1H3,(H,47,48)/t28-,29+,30-,34-,35-,40+/m0/s1. The Balaban J connectivity index is 1.36. The van der Waals surface area contributed by atoms with Gasteiger partial charge in [-0.15, -0.1) is 0 Å². The summed E-state index contributed by atoms with van der Waals surface area (Å²) in [5.41, 5.74) is 3.49. The summed E-state index contributed by atoms with van der Waals surface area (Å²) in [7, 11) is 0. The van der Waals surface area contributed by atoms with Gasteiger partial charge in [-0.1, -0.05) is 47.9 Å². The van der Waals surface area contributed by atoms with E-state index in [1.165, 1.54) is 35.2 Å². The van der Waals surface area contributed by atoms with Gasteiger partial charge in [0.1, 0.15) is 5.82 Å². The largest absolute Gasteiger partial charge is 0.504 e. The molecule has 3 fully saturated rings. The average Bonchev–Trinajstić information content (AvgIpc) is 3.50. The molecule has 4 amide bonds. The number of amides is 4. The first-order valence-electron chi connectivity index (χ1n) is 17.9. The maximum atomic E-state index is 15.2. The summed E-state index contributed by atoms with van der Waals surface area (Å²) >= 11 is 6.35. The monoisotopic (exact) mass is 743 g/mol. The lowest BCUT2D eigenvalue weighted by atomic mass is 9.49. The summed E-state index contributed by atoms with van der Waals surface area (Å²) in [5, 5.41) is 21.1. The van der Waals surface area contributed by atoms with Crippen molar-refractivity contribution in [1.29, 1.82) is 0 Å². The highest BCUT2D eigenvalue weighted by molar-refractivity contribution is 6.30. The predicted octanol–water partition coefficient (Wildman–Crippen LogP) is 6.21. The number of hydrazine groups is 1. The van der Waals surface area contributed by atoms with E-state index in [-0.39, 0.29) is 55.7 Å². The molecule has 0 aromatic heterocycles. The zero-order valence-electron chi connectivity index (χ0n) is 29.0. The maximum Gasteiger partial charge on any atom is 0.303 e. The van der Waals surface area contributed by atoms with Crippen molar-refractivity contribution in [1.82, 2.24) is 9.91 Å². The third-order valence-corrected chi connectivity index (χ3v) is 11.5. The molecule has 0 bridgehead atoms. The molecular formula is C40H39ClFN3O8. The molecule has 13 heteroatoms. The van der Waals surface area contributed by atoms with Crippen LogP contribution in [-0.4, -0.2) is 62.9 Å². The van der Waals surface area contributed by atoms with Crippen LogP contribution in [-0.2, 0) is 29.4 Å². The van der Waals surface area contributed by atoms with Crippen LogP contribution in [0.3, 0.4) is 0 Å². The number of hydrogen-bond acceptors (Lipinski definition) is 8. The van der Waals surface area contributed by atoms with Crippen molar-refractivity contribution in [3.63, 3.8) is 0 Å². The number of imide groups is 2. The lowest BCUT2D eigenvalue weighted by Crippen LogP contribution is -2.53. The third kappa shape index (κ3) is 6.12. The number of halogens is 2. The minimum absolute atomic E-state index is 0.00268. The fourth-order valence-corrected chi connectivity index (χ4v) is 9.15. The van der Waals surface area contributed by atoms with Crippen LogP contribution in [0.2, 0.25) is 5.02 Å². The van der Waals surface area contributed by atoms with Crippen molar-refractivity contribution in [3.05, 3.63) is 100 Å². The van der Waals surface area contributed by atoms with Crippen LogP contribution < -0.4 is 10.2 Å². The van der Waals surface area contributed by atoms with E-state index < -0.39 is 58.6 Å². The number of aromatic hydroxyl groups is 1. The second-order valence-corrected chi connectivity index (χ2v) is 14.5. The van der Waals surface area contributed by atoms with E-state index in [0.717, 1.165) is 10.6 Å². The number of carbonyl (C=O) groups is 5. The second-order valence-electron chi connectivity index (χ2n) is 14.1. The summed E-state index contributed by atoms with van der Waals surface area (Å²) in [6.45, 7) is 2.18. The van der Waals surface area contributed by atoms with Gasteiger partial charge in [-0.2, -0.15) is 5.01 Å². The molecular weight excluding hydrogens is 705 g/mol. The summed E-state index contributed by atoms with van der Waals surface area (Å²) in [4.78, 5) is 70.3. The molecule has 276 valence electrons. The van der Waals surface area contributed by atoms with E-state index in [1.807, 2.05) is 6.08 Å². The molecule has 4 aliphatic rings. The Morgan fingerprint density at radius 2 is 1.70 bits per heavy atom. The smallest absolute Gasteiger partial charge is 0.303 e. The minimum atomic E-state index is -1.57. The number of rotatable bonds is 12. The molecule has 3 aromatic rings. The Hall–Kier alpha value is -5.23. The van der Waals surface area contributed by atoms with Crippen molar-refractivity contribution in [2.24, 2.45) is 23.7 Å². The number of allylic oxidation sites excluding steroid dienone is 2. The summed E-state index contributed by atoms with van der Waals surface area (Å²) in [5.74, 6) is -6.96. The van der Waals surface area contributed by atoms with Gasteiger partial charge in [0.25, 0.3) is 11.8 Å². The molecule has 0 spiro atoms. The minimum Gasteiger partial charge on any atom is -0.504 e. The molecule has 11 nitrogen and oxygen atoms in total. The number of benzene rings is 3. The second kappa shape index (κ2) is 14.3. The van der Waals surface area contributed by atoms with E-state index in [4.69, 9.17) is 21.4 Å². The number of nitrogens with one attached hydrogen (secondary N) is 1. The molecule has 2 aliphatic carbocycles. The van der Waals surface area contributed by atoms with E-state index >= 15 is 4.79 Å². The first-order valence-corrected chi connectivity index (χ1v) is 18.2. The molecule has 6 atom stereocenters. The SMILES string of the molecule is CCOc1cc([C@H]2C3=CC[C@@H]4C(=O)N(CCCCCC(=O)O)C(=O)[C@@H]4[C@@H]3C[C@H]3C(=O)N(Nc4ccc(F)cc4)C(=O)[C@@]23c2ccc(Cl)cc2)ccc1O. The zero-order chi connectivity index (χ0) is 37.6. The van der Waals surface area contributed by atoms with Crippen molar-refractivity contribution in [3.8, 4) is 11.5 Å². The van der Waals surface area contributed by atoms with Crippen molar-refractivity contribution in [2.45, 2.75) is 56.8 Å². The number of nitrogens with zero attached hydrogens (tertiary/aromatic N) is 2. The number of likely N-dealkylation sites (tertiary alicyclic amines) is 1. The van der Waals surface area contributed by atoms with Crippen LogP contribution in [0.5, 0.6) is 11.5 Å². The van der Waals surface area contributed by atoms with Crippen molar-refractivity contribution >= 4 is 46.9 Å². The van der Waals surface area contributed by atoms with Gasteiger partial charge in [0, 0.05) is 23.9 Å². The first kappa shape index (κ1) is 36.1. The number of anilines is 1. The van der Waals surface area contributed by atoms with Crippen molar-refractivity contribution < 1.29 is 43.3 Å². The maximum absolute atomic E-state index is 15.2. The number of carboxylic acids is 1. The number of hydrogen-bond donors (Lipinski definition) is 3. The van der Waals surface area contributed by atoms with E-state index in [0.29, 0.717) is 41.1 Å². The molecule has 1 saturated carbocycles. The molecule has 53 heavy (non-hydrogen) atoms. The Morgan fingerprint density at radius 3 is 2.40 bits per heavy atom. The van der Waals surface area contributed by atoms with Crippen molar-refractivity contribution in [2.75, 3.05) is 18.6 Å². The molecule has 2 heterocycles. The van der Waals surface area contributed by atoms with E-state index in [1.54, 1.807) is 43.3 Å². The number of ether oxygens (including phenoxy) is 1. The lowest BCUT2D eigenvalue weighted by molar-refractivity contribution is -0.141. The number of fused-ring (bicyclic) bond motifs is 4. The highest BCUT2D eigenvalue weighted by atomic mass is 35.5. The normalized spacial score (nSPS) is 26.2. The highest BCUT2D eigenvalue weighted by Crippen LogP contribution is 2.64. The molecule has 0 unspecified atom stereocenters. The number of carboxylic acid groups (broad SMARTS) is 1. The quantitative estimate of drug-likeness (QED) is 0.112. The molecule has 7 rings (SSSR count). The van der Waals surface area contributed by atoms with Gasteiger partial charge in [-0.05, 0) is 98.2 Å². The van der Waals surface area contributed by atoms with Crippen LogP contribution in [0, 0.1) is 29.5 Å². The van der Waals surface area contributed by atoms with Gasteiger partial charge < -0.3 is 14.9 Å². The van der Waals surface area contributed by atoms with Crippen LogP contribution in [0.25, 0.3) is 0 Å². The molecule has 3 N–H and O–H groups in total. The Morgan fingerprint density at radius 1 is 0.962 bits per heavy atom. The molecule has 2 aliphatic heterocycles. The Labute approximate surface area is 310 Å². The van der Waals surface area contributed by atoms with Gasteiger partial charge in [0.15, 0.2) is 11.5 Å². The fourth-order valence-electron chi connectivity index (χ4n) is 9.02. The van der Waals surface area contributed by atoms with E-state index in [2.05, 4.69) is 5.43 Å². The van der Waals surface area contributed by atoms with Crippen LogP contribution in [0.15, 0.2) is 78.4 Å². The average molecular weight is 744 g/mol. The Kier molecular flexibility index (Phi) is 9.75. The fraction of sp³-hybridized carbons (Fsp3) is 0.375. The summed E-state index contributed by atoms with van der Waals surface area (Å²) in [6, 6.07) is 16.8. The topological polar surface area (TPSA) is 154 Å². The van der Waals surface area contributed by atoms with Gasteiger partial charge in [-0.25, -0.2) is 4.39 Å². The number of phenols is 1. The number of unbranched alkanes of at least 4 members (excludes halogenated alkanes) is 2. The number of carbonyl (C=O) groups excluding carboxylic acids is 4. The van der Waals surface area contributed by atoms with Gasteiger partial charge in [0.2, 0.25) is 11.8 Å². The molecule has 3 aromatic carbocycles. The van der Waals surface area contributed by atoms with Gasteiger partial charge in [0.05, 0.1) is 35.5 Å². The highest BCUT2D eigenvalue weighted by Gasteiger charge is 2.70. The van der Waals surface area contributed by atoms with E-state index in [9.17, 15) is 28.7 Å². The first-order chi connectivity index (χ1) is 25.5. The lowest BCUT2D eigenvalue weighted by Gasteiger charge is -2.50. The number of phenolic OH excluding ortho intramolecular Hbond substituents is 1. The molecule has 2 saturated heterocycles. The zero-order valence-corrected chi connectivity index (χ0v) is 29.7. The van der Waals surface area contributed by atoms with Gasteiger partial charge in [-0.3, -0.25) is 34.3 Å². The van der Waals surface area contributed by atoms with Crippen LogP contribution in [0.4, 0.5) is 10.1 Å². The number of aliphatic carboxylic acids is 1. The summed E-state index contributed by atoms with van der Waals surface area (Å²) in [6.07, 6.45) is 3.69. The van der Waals surface area contributed by atoms with Crippen LogP contribution in [0.1, 0.15) is 62.5 Å². The van der Waals surface area contributed by atoms with Crippen LogP contribution >= 0.6 is 11.6 Å². The van der Waals surface area contributed by atoms with Gasteiger partial charge >= 0.3 is 5.97 Å². The Bertz CT molecular complexity index is 2000. The summed E-state index contributed by atoms with van der Waals surface area (Å²) < 4.78 is 19.6.